The number of benzene rings is 2. The van der Waals surface area contributed by atoms with Crippen LogP contribution in [0.25, 0.3) is 16.9 Å². The molecule has 0 aliphatic heterocycles. The van der Waals surface area contributed by atoms with Crippen molar-refractivity contribution in [2.75, 3.05) is 12.4 Å². The number of hydrogen-bond acceptors (Lipinski definition) is 5. The molecule has 0 spiro atoms. The van der Waals surface area contributed by atoms with Crippen LogP contribution in [-0.4, -0.2) is 28.5 Å². The van der Waals surface area contributed by atoms with Gasteiger partial charge in [-0.25, -0.2) is 9.78 Å². The molecule has 0 amide bonds. The van der Waals surface area contributed by atoms with E-state index in [1.807, 2.05) is 55.6 Å². The maximum atomic E-state index is 12.8. The van der Waals surface area contributed by atoms with E-state index in [4.69, 9.17) is 14.5 Å². The number of fused-ring (bicyclic) bond motifs is 1. The summed E-state index contributed by atoms with van der Waals surface area (Å²) in [5.41, 5.74) is 3.97. The van der Waals surface area contributed by atoms with Gasteiger partial charge in [-0.15, -0.1) is 0 Å². The minimum atomic E-state index is -0.411. The number of hydrogen-bond donors (Lipinski definition) is 1. The number of ether oxygens (including phenoxy) is 2. The number of carbonyl (C=O) groups is 1. The van der Waals surface area contributed by atoms with Gasteiger partial charge in [0, 0.05) is 22.3 Å². The average Bonchev–Trinajstić information content (AvgIpc) is 3.22. The van der Waals surface area contributed by atoms with E-state index >= 15 is 0 Å². The summed E-state index contributed by atoms with van der Waals surface area (Å²) < 4.78 is 14.4. The molecule has 180 valence electrons. The number of anilines is 1. The first-order valence-electron chi connectivity index (χ1n) is 11.9. The first kappa shape index (κ1) is 23.4. The van der Waals surface area contributed by atoms with Gasteiger partial charge >= 0.3 is 5.97 Å². The lowest BCUT2D eigenvalue weighted by molar-refractivity contribution is 0.0729. The average molecular weight is 534 g/mol. The fourth-order valence-electron chi connectivity index (χ4n) is 4.65. The molecular weight excluding hydrogens is 506 g/mol. The van der Waals surface area contributed by atoms with Gasteiger partial charge in [0.1, 0.15) is 17.2 Å². The molecule has 2 aromatic carbocycles. The summed E-state index contributed by atoms with van der Waals surface area (Å²) in [6.07, 6.45) is 8.11. The summed E-state index contributed by atoms with van der Waals surface area (Å²) in [7, 11) is 1.58. The number of carbonyl (C=O) groups excluding carboxylic acids is 1. The predicted molar refractivity (Wildman–Crippen MR) is 142 cm³/mol. The van der Waals surface area contributed by atoms with E-state index in [1.54, 1.807) is 19.2 Å². The van der Waals surface area contributed by atoms with Crippen LogP contribution in [-0.2, 0) is 0 Å². The smallest absolute Gasteiger partial charge is 0.343 e. The van der Waals surface area contributed by atoms with Crippen molar-refractivity contribution in [1.82, 2.24) is 9.38 Å². The molecule has 5 rings (SSSR count). The molecule has 7 heteroatoms. The minimum Gasteiger partial charge on any atom is -0.493 e. The Morgan fingerprint density at radius 1 is 1.06 bits per heavy atom. The van der Waals surface area contributed by atoms with E-state index in [0.717, 1.165) is 45.6 Å². The number of halogens is 1. The lowest BCUT2D eigenvalue weighted by Gasteiger charge is -2.24. The third kappa shape index (κ3) is 4.91. The highest BCUT2D eigenvalue weighted by Gasteiger charge is 2.22. The van der Waals surface area contributed by atoms with Gasteiger partial charge in [0.15, 0.2) is 11.5 Å². The zero-order valence-corrected chi connectivity index (χ0v) is 21.5. The molecule has 1 aliphatic rings. The highest BCUT2D eigenvalue weighted by Crippen LogP contribution is 2.37. The van der Waals surface area contributed by atoms with Crippen LogP contribution in [0.2, 0.25) is 0 Å². The number of aryl methyl sites for hydroxylation is 1. The van der Waals surface area contributed by atoms with E-state index in [0.29, 0.717) is 23.1 Å². The van der Waals surface area contributed by atoms with Crippen molar-refractivity contribution >= 4 is 33.4 Å². The molecule has 35 heavy (non-hydrogen) atoms. The number of nitrogens with zero attached hydrogens (tertiary/aromatic N) is 2. The van der Waals surface area contributed by atoms with Gasteiger partial charge in [-0.05, 0) is 77.7 Å². The third-order valence-electron chi connectivity index (χ3n) is 6.53. The fourth-order valence-corrected chi connectivity index (χ4v) is 4.99. The zero-order chi connectivity index (χ0) is 24.4. The number of pyridine rings is 1. The molecule has 1 saturated carbocycles. The molecule has 1 aliphatic carbocycles. The first-order valence-corrected chi connectivity index (χ1v) is 12.7. The van der Waals surface area contributed by atoms with Crippen molar-refractivity contribution in [3.05, 3.63) is 76.4 Å². The Balaban J connectivity index is 1.51. The summed E-state index contributed by atoms with van der Waals surface area (Å²) >= 11 is 3.59. The normalized spacial score (nSPS) is 14.1. The molecule has 0 atom stereocenters. The van der Waals surface area contributed by atoms with Crippen molar-refractivity contribution in [3.8, 4) is 22.8 Å². The Hall–Kier alpha value is -3.32. The minimum absolute atomic E-state index is 0.373. The maximum Gasteiger partial charge on any atom is 0.343 e. The van der Waals surface area contributed by atoms with E-state index in [2.05, 4.69) is 25.6 Å². The second-order valence-electron chi connectivity index (χ2n) is 8.93. The number of nitrogens with one attached hydrogen (secondary N) is 1. The second-order valence-corrected chi connectivity index (χ2v) is 9.85. The van der Waals surface area contributed by atoms with Crippen molar-refractivity contribution in [3.63, 3.8) is 0 Å². The van der Waals surface area contributed by atoms with Crippen molar-refractivity contribution < 1.29 is 14.3 Å². The van der Waals surface area contributed by atoms with Gasteiger partial charge in [-0.3, -0.25) is 4.40 Å². The number of aromatic nitrogens is 2. The van der Waals surface area contributed by atoms with Crippen LogP contribution < -0.4 is 14.8 Å². The number of methoxy groups -OCH3 is 1. The molecule has 0 radical (unpaired) electrons. The lowest BCUT2D eigenvalue weighted by Crippen LogP contribution is -2.23. The van der Waals surface area contributed by atoms with Gasteiger partial charge in [0.05, 0.1) is 12.7 Å². The highest BCUT2D eigenvalue weighted by molar-refractivity contribution is 9.10. The van der Waals surface area contributed by atoms with Crippen LogP contribution in [0.15, 0.2) is 65.3 Å². The van der Waals surface area contributed by atoms with Gasteiger partial charge < -0.3 is 14.8 Å². The highest BCUT2D eigenvalue weighted by atomic mass is 79.9. The molecule has 0 unspecified atom stereocenters. The Bertz CT molecular complexity index is 1380. The number of esters is 1. The molecule has 4 aromatic rings. The third-order valence-corrected chi connectivity index (χ3v) is 7.00. The van der Waals surface area contributed by atoms with Crippen molar-refractivity contribution in [2.45, 2.75) is 45.1 Å². The molecule has 2 heterocycles. The number of imidazole rings is 1. The fraction of sp³-hybridized carbons (Fsp3) is 0.286. The lowest BCUT2D eigenvalue weighted by atomic mass is 9.95. The van der Waals surface area contributed by atoms with Crippen molar-refractivity contribution in [1.29, 1.82) is 0 Å². The Morgan fingerprint density at radius 2 is 1.86 bits per heavy atom. The molecule has 6 nitrogen and oxygen atoms in total. The Morgan fingerprint density at radius 3 is 2.63 bits per heavy atom. The quantitative estimate of drug-likeness (QED) is 0.212. The van der Waals surface area contributed by atoms with Gasteiger partial charge in [0.2, 0.25) is 0 Å². The van der Waals surface area contributed by atoms with Crippen molar-refractivity contribution in [2.24, 2.45) is 0 Å². The summed E-state index contributed by atoms with van der Waals surface area (Å²) in [6.45, 7) is 1.89. The molecule has 1 fully saturated rings. The molecule has 1 N–H and O–H groups in total. The standard InChI is InChI=1S/C28H28BrN3O3/c1-18-8-6-7-11-22(18)28(33)35-23-14-12-19(16-24(23)34-2)26-27(30-21-9-4-3-5-10-21)32-17-20(29)13-15-25(32)31-26/h6-8,11-17,21,30H,3-5,9-10H2,1-2H3. The van der Waals surface area contributed by atoms with E-state index in [9.17, 15) is 4.79 Å². The van der Waals surface area contributed by atoms with E-state index < -0.39 is 5.97 Å². The van der Waals surface area contributed by atoms with Crippen LogP contribution in [0.4, 0.5) is 5.82 Å². The van der Waals surface area contributed by atoms with E-state index in [1.165, 1.54) is 19.3 Å². The monoisotopic (exact) mass is 533 g/mol. The van der Waals surface area contributed by atoms with Gasteiger partial charge in [-0.1, -0.05) is 37.5 Å². The Kier molecular flexibility index (Phi) is 6.77. The van der Waals surface area contributed by atoms with Crippen LogP contribution >= 0.6 is 15.9 Å². The molecule has 2 aromatic heterocycles. The molecule has 0 saturated heterocycles. The SMILES string of the molecule is COc1cc(-c2nc3ccc(Br)cn3c2NC2CCCCC2)ccc1OC(=O)c1ccccc1C. The maximum absolute atomic E-state index is 12.8. The summed E-state index contributed by atoms with van der Waals surface area (Å²) in [4.78, 5) is 17.7. The second kappa shape index (κ2) is 10.1. The molecular formula is C28H28BrN3O3. The summed E-state index contributed by atoms with van der Waals surface area (Å²) in [6, 6.07) is 17.3. The van der Waals surface area contributed by atoms with Gasteiger partial charge in [-0.2, -0.15) is 0 Å². The molecule has 0 bridgehead atoms. The van der Waals surface area contributed by atoms with Crippen LogP contribution in [0.1, 0.15) is 48.0 Å². The topological polar surface area (TPSA) is 64.9 Å². The number of rotatable bonds is 6. The van der Waals surface area contributed by atoms with Crippen LogP contribution in [0.5, 0.6) is 11.5 Å². The zero-order valence-electron chi connectivity index (χ0n) is 19.9. The Labute approximate surface area is 213 Å². The summed E-state index contributed by atoms with van der Waals surface area (Å²) in [5.74, 6) is 1.40. The largest absolute Gasteiger partial charge is 0.493 e. The predicted octanol–water partition coefficient (Wildman–Crippen LogP) is 7.04. The summed E-state index contributed by atoms with van der Waals surface area (Å²) in [5, 5.41) is 3.76. The van der Waals surface area contributed by atoms with Crippen LogP contribution in [0.3, 0.4) is 0 Å². The van der Waals surface area contributed by atoms with Crippen LogP contribution in [0, 0.1) is 6.92 Å². The first-order chi connectivity index (χ1) is 17.0. The van der Waals surface area contributed by atoms with E-state index in [-0.39, 0.29) is 0 Å². The van der Waals surface area contributed by atoms with Gasteiger partial charge in [0.25, 0.3) is 0 Å².